The lowest BCUT2D eigenvalue weighted by molar-refractivity contribution is 0.0947. The number of nitrogens with zero attached hydrogens (tertiary/aromatic N) is 2. The van der Waals surface area contributed by atoms with E-state index in [-0.39, 0.29) is 11.8 Å². The first-order valence-corrected chi connectivity index (χ1v) is 12.4. The molecule has 0 aromatic heterocycles. The number of amides is 2. The average Bonchev–Trinajstić information content (AvgIpc) is 2.90. The van der Waals surface area contributed by atoms with Gasteiger partial charge in [-0.15, -0.1) is 0 Å². The van der Waals surface area contributed by atoms with Gasteiger partial charge in [-0.1, -0.05) is 35.9 Å². The second-order valence-corrected chi connectivity index (χ2v) is 10.2. The summed E-state index contributed by atoms with van der Waals surface area (Å²) in [6, 6.07) is 18.2. The number of fused-ring (bicyclic) bond motifs is 2. The molecule has 0 spiro atoms. The summed E-state index contributed by atoms with van der Waals surface area (Å²) >= 11 is 0. The zero-order chi connectivity index (χ0) is 24.4. The molecule has 0 saturated carbocycles. The molecule has 1 heterocycles. The minimum atomic E-state index is -1.55. The molecule has 6 nitrogen and oxygen atoms in total. The van der Waals surface area contributed by atoms with E-state index >= 15 is 0 Å². The van der Waals surface area contributed by atoms with Gasteiger partial charge >= 0.3 is 0 Å². The predicted octanol–water partition coefficient (Wildman–Crippen LogP) is 3.92. The van der Waals surface area contributed by atoms with Crippen molar-refractivity contribution in [3.05, 3.63) is 88.5 Å². The fourth-order valence-electron chi connectivity index (χ4n) is 4.00. The monoisotopic (exact) mass is 475 g/mol. The molecule has 0 bridgehead atoms. The summed E-state index contributed by atoms with van der Waals surface area (Å²) in [5.41, 5.74) is 4.52. The number of benzene rings is 3. The summed E-state index contributed by atoms with van der Waals surface area (Å²) in [4.78, 5) is 31.2. The number of hydrogen-bond acceptors (Lipinski definition) is 4. The minimum absolute atomic E-state index is 0.226. The van der Waals surface area contributed by atoms with Crippen molar-refractivity contribution in [2.24, 2.45) is 0 Å². The highest BCUT2D eigenvalue weighted by atomic mass is 32.2. The summed E-state index contributed by atoms with van der Waals surface area (Å²) in [7, 11) is 2.34. The second-order valence-electron chi connectivity index (χ2n) is 8.83. The van der Waals surface area contributed by atoms with Crippen molar-refractivity contribution in [2.75, 3.05) is 32.1 Å². The summed E-state index contributed by atoms with van der Waals surface area (Å²) in [6.07, 6.45) is 0. The van der Waals surface area contributed by atoms with Gasteiger partial charge in [-0.05, 0) is 69.4 Å². The van der Waals surface area contributed by atoms with Gasteiger partial charge < -0.3 is 15.1 Å². The number of nitrogens with one attached hydrogen (secondary N) is 1. The normalized spacial score (nSPS) is 15.0. The van der Waals surface area contributed by atoms with Crippen LogP contribution in [0.3, 0.4) is 0 Å². The van der Waals surface area contributed by atoms with Gasteiger partial charge in [-0.2, -0.15) is 0 Å². The summed E-state index contributed by atoms with van der Waals surface area (Å²) in [5.74, 6) is -0.454. The van der Waals surface area contributed by atoms with Gasteiger partial charge in [0.25, 0.3) is 11.8 Å². The Morgan fingerprint density at radius 3 is 2.53 bits per heavy atom. The maximum atomic E-state index is 13.8. The molecule has 0 aliphatic carbocycles. The molecule has 3 aromatic carbocycles. The molecule has 0 radical (unpaired) electrons. The Hall–Kier alpha value is -3.29. The van der Waals surface area contributed by atoms with Crippen LogP contribution >= 0.6 is 0 Å². The molecule has 0 fully saturated rings. The van der Waals surface area contributed by atoms with Crippen LogP contribution in [-0.2, 0) is 17.3 Å². The van der Waals surface area contributed by atoms with Gasteiger partial charge in [0.2, 0.25) is 0 Å². The fourth-order valence-corrected chi connectivity index (χ4v) is 5.34. The molecule has 176 valence electrons. The minimum Gasteiger partial charge on any atom is -0.351 e. The van der Waals surface area contributed by atoms with Crippen LogP contribution in [-0.4, -0.2) is 48.1 Å². The van der Waals surface area contributed by atoms with Crippen molar-refractivity contribution >= 4 is 28.3 Å². The Morgan fingerprint density at radius 1 is 1.00 bits per heavy atom. The number of aryl methyl sites for hydroxylation is 2. The van der Waals surface area contributed by atoms with E-state index in [0.29, 0.717) is 46.2 Å². The van der Waals surface area contributed by atoms with Crippen molar-refractivity contribution in [3.8, 4) is 0 Å². The van der Waals surface area contributed by atoms with Crippen molar-refractivity contribution < 1.29 is 13.8 Å². The maximum Gasteiger partial charge on any atom is 0.259 e. The third-order valence-corrected chi connectivity index (χ3v) is 7.45. The van der Waals surface area contributed by atoms with Crippen LogP contribution in [0.2, 0.25) is 0 Å². The van der Waals surface area contributed by atoms with E-state index in [1.165, 1.54) is 0 Å². The molecule has 1 N–H and O–H groups in total. The molecule has 4 rings (SSSR count). The molecule has 0 unspecified atom stereocenters. The molecule has 7 heteroatoms. The molecule has 0 saturated heterocycles. The first kappa shape index (κ1) is 23.9. The van der Waals surface area contributed by atoms with E-state index in [1.54, 1.807) is 47.4 Å². The number of anilines is 1. The van der Waals surface area contributed by atoms with Crippen LogP contribution in [0, 0.1) is 13.8 Å². The van der Waals surface area contributed by atoms with E-state index in [0.717, 1.165) is 16.7 Å². The molecule has 1 atom stereocenters. The van der Waals surface area contributed by atoms with Crippen LogP contribution in [0.25, 0.3) is 0 Å². The van der Waals surface area contributed by atoms with Gasteiger partial charge in [-0.3, -0.25) is 9.59 Å². The molecule has 1 aliphatic rings. The topological polar surface area (TPSA) is 69.7 Å². The number of carbonyl (C=O) groups excluding carboxylic acids is 2. The zero-order valence-corrected chi connectivity index (χ0v) is 20.7. The Bertz CT molecular complexity index is 1290. The quantitative estimate of drug-likeness (QED) is 0.587. The zero-order valence-electron chi connectivity index (χ0n) is 19.9. The lowest BCUT2D eigenvalue weighted by Gasteiger charge is -2.24. The third kappa shape index (κ3) is 4.81. The van der Waals surface area contributed by atoms with Crippen molar-refractivity contribution in [3.63, 3.8) is 0 Å². The second kappa shape index (κ2) is 9.91. The average molecular weight is 476 g/mol. The van der Waals surface area contributed by atoms with Gasteiger partial charge in [0.15, 0.2) is 0 Å². The molecule has 1 aliphatic heterocycles. The van der Waals surface area contributed by atoms with Crippen LogP contribution in [0.5, 0.6) is 0 Å². The van der Waals surface area contributed by atoms with Gasteiger partial charge in [0, 0.05) is 18.7 Å². The first-order valence-electron chi connectivity index (χ1n) is 11.2. The fraction of sp³-hybridized carbons (Fsp3) is 0.259. The number of hydrogen-bond donors (Lipinski definition) is 1. The van der Waals surface area contributed by atoms with E-state index in [2.05, 4.69) is 11.4 Å². The largest absolute Gasteiger partial charge is 0.351 e. The van der Waals surface area contributed by atoms with Crippen LogP contribution in [0.4, 0.5) is 5.69 Å². The first-order chi connectivity index (χ1) is 16.3. The van der Waals surface area contributed by atoms with Crippen LogP contribution in [0.15, 0.2) is 70.5 Å². The molecule has 3 aromatic rings. The summed E-state index contributed by atoms with van der Waals surface area (Å²) in [5, 5.41) is 2.91. The van der Waals surface area contributed by atoms with E-state index in [1.807, 2.05) is 45.0 Å². The van der Waals surface area contributed by atoms with E-state index < -0.39 is 10.8 Å². The van der Waals surface area contributed by atoms with E-state index in [9.17, 15) is 13.8 Å². The number of rotatable bonds is 6. The Balaban J connectivity index is 1.80. The Morgan fingerprint density at radius 2 is 1.76 bits per heavy atom. The van der Waals surface area contributed by atoms with Crippen LogP contribution in [0.1, 0.15) is 37.4 Å². The summed E-state index contributed by atoms with van der Waals surface area (Å²) < 4.78 is 13.5. The van der Waals surface area contributed by atoms with Crippen molar-refractivity contribution in [1.29, 1.82) is 0 Å². The lowest BCUT2D eigenvalue weighted by Crippen LogP contribution is -2.32. The van der Waals surface area contributed by atoms with Crippen molar-refractivity contribution in [1.82, 2.24) is 10.2 Å². The highest BCUT2D eigenvalue weighted by Gasteiger charge is 2.31. The smallest absolute Gasteiger partial charge is 0.259 e. The SMILES string of the molecule is Cc1ccc(C)c(CN2C(=O)c3ccccc3[S@@](=O)c3ccc(C(=O)NCCN(C)C)cc32)c1. The highest BCUT2D eigenvalue weighted by Crippen LogP contribution is 2.36. The third-order valence-electron chi connectivity index (χ3n) is 5.95. The van der Waals surface area contributed by atoms with Gasteiger partial charge in [-0.25, -0.2) is 4.21 Å². The van der Waals surface area contributed by atoms with Crippen molar-refractivity contribution in [2.45, 2.75) is 30.2 Å². The maximum absolute atomic E-state index is 13.8. The highest BCUT2D eigenvalue weighted by molar-refractivity contribution is 7.85. The standard InChI is InChI=1S/C27H29N3O3S/c1-18-9-10-19(2)21(15-18)17-30-23-16-20(26(31)28-13-14-29(3)4)11-12-25(23)34(33)24-8-6-5-7-22(24)27(30)32/h5-12,15-16H,13-14,17H2,1-4H3,(H,28,31)/t34-/m1/s1. The van der Waals surface area contributed by atoms with Crippen LogP contribution < -0.4 is 10.2 Å². The summed E-state index contributed by atoms with van der Waals surface area (Å²) in [6.45, 7) is 5.57. The van der Waals surface area contributed by atoms with E-state index in [4.69, 9.17) is 0 Å². The molecule has 34 heavy (non-hydrogen) atoms. The molecular weight excluding hydrogens is 446 g/mol. The Labute approximate surface area is 203 Å². The number of carbonyl (C=O) groups is 2. The predicted molar refractivity (Wildman–Crippen MR) is 135 cm³/mol. The van der Waals surface area contributed by atoms with Gasteiger partial charge in [0.05, 0.1) is 38.4 Å². The van der Waals surface area contributed by atoms with Gasteiger partial charge in [0.1, 0.15) is 0 Å². The number of likely N-dealkylation sites (N-methyl/N-ethyl adjacent to an activating group) is 1. The molecular formula is C27H29N3O3S. The molecule has 2 amide bonds. The lowest BCUT2D eigenvalue weighted by atomic mass is 10.0. The Kier molecular flexibility index (Phi) is 6.95.